The summed E-state index contributed by atoms with van der Waals surface area (Å²) >= 11 is 0. The number of hydrogen-bond acceptors (Lipinski definition) is 4. The largest absolute Gasteiger partial charge is 0.396 e. The van der Waals surface area contributed by atoms with Crippen molar-refractivity contribution in [1.29, 1.82) is 0 Å². The van der Waals surface area contributed by atoms with Crippen molar-refractivity contribution in [2.45, 2.75) is 32.9 Å². The fourth-order valence-electron chi connectivity index (χ4n) is 2.15. The molecule has 1 aliphatic rings. The van der Waals surface area contributed by atoms with Crippen LogP contribution in [0.1, 0.15) is 31.3 Å². The summed E-state index contributed by atoms with van der Waals surface area (Å²) in [7, 11) is 0. The number of anilines is 1. The Bertz CT molecular complexity index is 520. The molecule has 0 saturated carbocycles. The van der Waals surface area contributed by atoms with Crippen LogP contribution in [0, 0.1) is 0 Å². The van der Waals surface area contributed by atoms with Crippen LogP contribution < -0.4 is 11.1 Å². The van der Waals surface area contributed by atoms with E-state index in [4.69, 9.17) is 5.73 Å². The van der Waals surface area contributed by atoms with Gasteiger partial charge in [0, 0.05) is 25.8 Å². The molecule has 0 bridgehead atoms. The first-order valence-electron chi connectivity index (χ1n) is 6.31. The quantitative estimate of drug-likeness (QED) is 0.776. The summed E-state index contributed by atoms with van der Waals surface area (Å²) in [5, 5.41) is 6.91. The summed E-state index contributed by atoms with van der Waals surface area (Å²) in [6.07, 6.45) is 1.63. The van der Waals surface area contributed by atoms with Gasteiger partial charge in [0.1, 0.15) is 5.54 Å². The Morgan fingerprint density at radius 2 is 2.26 bits per heavy atom. The number of carbonyl (C=O) groups is 2. The Morgan fingerprint density at radius 1 is 1.58 bits per heavy atom. The SMILES string of the molecule is CCn1cc(N)c(C(=O)N2CCNC(=O)C2(C)C)n1. The first-order chi connectivity index (χ1) is 8.87. The zero-order chi connectivity index (χ0) is 14.2. The molecule has 2 amide bonds. The van der Waals surface area contributed by atoms with E-state index in [1.807, 2.05) is 6.92 Å². The topological polar surface area (TPSA) is 93.2 Å². The van der Waals surface area contributed by atoms with Crippen molar-refractivity contribution in [2.24, 2.45) is 0 Å². The van der Waals surface area contributed by atoms with Crippen LogP contribution in [0.4, 0.5) is 5.69 Å². The molecular formula is C12H19N5O2. The van der Waals surface area contributed by atoms with Crippen molar-refractivity contribution in [3.05, 3.63) is 11.9 Å². The second kappa shape index (κ2) is 4.56. The lowest BCUT2D eigenvalue weighted by atomic mass is 9.98. The van der Waals surface area contributed by atoms with Crippen LogP contribution in [0.2, 0.25) is 0 Å². The van der Waals surface area contributed by atoms with Crippen LogP contribution in [0.3, 0.4) is 0 Å². The summed E-state index contributed by atoms with van der Waals surface area (Å²) < 4.78 is 1.61. The molecule has 1 aromatic rings. The molecule has 2 rings (SSSR count). The van der Waals surface area contributed by atoms with Crippen molar-refractivity contribution >= 4 is 17.5 Å². The van der Waals surface area contributed by atoms with E-state index in [1.165, 1.54) is 4.90 Å². The lowest BCUT2D eigenvalue weighted by molar-refractivity contribution is -0.133. The van der Waals surface area contributed by atoms with E-state index in [2.05, 4.69) is 10.4 Å². The van der Waals surface area contributed by atoms with Gasteiger partial charge in [-0.15, -0.1) is 0 Å². The molecule has 1 saturated heterocycles. The van der Waals surface area contributed by atoms with Crippen molar-refractivity contribution < 1.29 is 9.59 Å². The maximum Gasteiger partial charge on any atom is 0.277 e. The van der Waals surface area contributed by atoms with Gasteiger partial charge < -0.3 is 16.0 Å². The summed E-state index contributed by atoms with van der Waals surface area (Å²) in [4.78, 5) is 25.9. The number of nitrogens with zero attached hydrogens (tertiary/aromatic N) is 3. The molecule has 0 atom stereocenters. The number of piperazine rings is 1. The van der Waals surface area contributed by atoms with Crippen LogP contribution in [-0.2, 0) is 11.3 Å². The van der Waals surface area contributed by atoms with Crippen LogP contribution in [0.5, 0.6) is 0 Å². The van der Waals surface area contributed by atoms with E-state index >= 15 is 0 Å². The van der Waals surface area contributed by atoms with E-state index in [1.54, 1.807) is 24.7 Å². The molecule has 1 aliphatic heterocycles. The number of amides is 2. The number of carbonyl (C=O) groups excluding carboxylic acids is 2. The monoisotopic (exact) mass is 265 g/mol. The molecule has 0 aromatic carbocycles. The minimum absolute atomic E-state index is 0.166. The highest BCUT2D eigenvalue weighted by molar-refractivity contribution is 6.01. The lowest BCUT2D eigenvalue weighted by Crippen LogP contribution is -2.63. The van der Waals surface area contributed by atoms with Crippen molar-refractivity contribution in [3.8, 4) is 0 Å². The summed E-state index contributed by atoms with van der Waals surface area (Å²) in [5.41, 5.74) is 5.48. The van der Waals surface area contributed by atoms with E-state index in [0.717, 1.165) is 0 Å². The zero-order valence-corrected chi connectivity index (χ0v) is 11.4. The van der Waals surface area contributed by atoms with E-state index in [9.17, 15) is 9.59 Å². The average molecular weight is 265 g/mol. The van der Waals surface area contributed by atoms with E-state index in [-0.39, 0.29) is 17.5 Å². The molecular weight excluding hydrogens is 246 g/mol. The van der Waals surface area contributed by atoms with E-state index < -0.39 is 5.54 Å². The Hall–Kier alpha value is -2.05. The molecule has 0 unspecified atom stereocenters. The standard InChI is InChI=1S/C12H19N5O2/c1-4-16-7-8(13)9(15-16)10(18)17-6-5-14-11(19)12(17,2)3/h7H,4-6,13H2,1-3H3,(H,14,19). The fourth-order valence-corrected chi connectivity index (χ4v) is 2.15. The highest BCUT2D eigenvalue weighted by Gasteiger charge is 2.41. The maximum absolute atomic E-state index is 12.5. The highest BCUT2D eigenvalue weighted by Crippen LogP contribution is 2.22. The zero-order valence-electron chi connectivity index (χ0n) is 11.4. The molecule has 19 heavy (non-hydrogen) atoms. The second-order valence-corrected chi connectivity index (χ2v) is 5.06. The van der Waals surface area contributed by atoms with Gasteiger partial charge >= 0.3 is 0 Å². The third-order valence-corrected chi connectivity index (χ3v) is 3.41. The van der Waals surface area contributed by atoms with Crippen molar-refractivity contribution in [3.63, 3.8) is 0 Å². The van der Waals surface area contributed by atoms with Gasteiger partial charge in [0.25, 0.3) is 5.91 Å². The Balaban J connectivity index is 2.32. The third-order valence-electron chi connectivity index (χ3n) is 3.41. The predicted molar refractivity (Wildman–Crippen MR) is 70.4 cm³/mol. The molecule has 2 heterocycles. The lowest BCUT2D eigenvalue weighted by Gasteiger charge is -2.40. The van der Waals surface area contributed by atoms with Gasteiger partial charge in [-0.25, -0.2) is 0 Å². The molecule has 104 valence electrons. The number of nitrogen functional groups attached to an aromatic ring is 1. The number of nitrogens with one attached hydrogen (secondary N) is 1. The number of nitrogens with two attached hydrogens (primary N) is 1. The van der Waals surface area contributed by atoms with Gasteiger partial charge in [-0.1, -0.05) is 0 Å². The number of aromatic nitrogens is 2. The molecule has 7 nitrogen and oxygen atoms in total. The Kier molecular flexibility index (Phi) is 3.21. The molecule has 0 radical (unpaired) electrons. The van der Waals surface area contributed by atoms with Gasteiger partial charge in [0.15, 0.2) is 5.69 Å². The minimum Gasteiger partial charge on any atom is -0.396 e. The third kappa shape index (κ3) is 2.16. The first kappa shape index (κ1) is 13.4. The van der Waals surface area contributed by atoms with Gasteiger partial charge in [0.2, 0.25) is 5.91 Å². The van der Waals surface area contributed by atoms with Crippen LogP contribution >= 0.6 is 0 Å². The summed E-state index contributed by atoms with van der Waals surface area (Å²) in [6, 6.07) is 0. The number of rotatable bonds is 2. The molecule has 3 N–H and O–H groups in total. The molecule has 1 fully saturated rings. The predicted octanol–water partition coefficient (Wildman–Crippen LogP) is -0.164. The van der Waals surface area contributed by atoms with E-state index in [0.29, 0.717) is 25.3 Å². The normalized spacial score (nSPS) is 18.3. The number of hydrogen-bond donors (Lipinski definition) is 2. The van der Waals surface area contributed by atoms with Gasteiger partial charge in [-0.05, 0) is 20.8 Å². The minimum atomic E-state index is -0.891. The first-order valence-corrected chi connectivity index (χ1v) is 6.31. The van der Waals surface area contributed by atoms with Crippen LogP contribution in [0.25, 0.3) is 0 Å². The van der Waals surface area contributed by atoms with Crippen LogP contribution in [-0.4, -0.2) is 45.1 Å². The van der Waals surface area contributed by atoms with Crippen molar-refractivity contribution in [1.82, 2.24) is 20.0 Å². The Labute approximate surface area is 111 Å². The highest BCUT2D eigenvalue weighted by atomic mass is 16.2. The molecule has 0 aliphatic carbocycles. The summed E-state index contributed by atoms with van der Waals surface area (Å²) in [5.74, 6) is -0.467. The summed E-state index contributed by atoms with van der Waals surface area (Å²) in [6.45, 7) is 6.89. The van der Waals surface area contributed by atoms with Crippen molar-refractivity contribution in [2.75, 3.05) is 18.8 Å². The smallest absolute Gasteiger partial charge is 0.277 e. The average Bonchev–Trinajstić information content (AvgIpc) is 2.73. The fraction of sp³-hybridized carbons (Fsp3) is 0.583. The Morgan fingerprint density at radius 3 is 2.84 bits per heavy atom. The van der Waals surface area contributed by atoms with Gasteiger partial charge in [0.05, 0.1) is 5.69 Å². The molecule has 0 spiro atoms. The van der Waals surface area contributed by atoms with Gasteiger partial charge in [-0.3, -0.25) is 14.3 Å². The maximum atomic E-state index is 12.5. The second-order valence-electron chi connectivity index (χ2n) is 5.06. The van der Waals surface area contributed by atoms with Gasteiger partial charge in [-0.2, -0.15) is 5.10 Å². The number of aryl methyl sites for hydroxylation is 1. The van der Waals surface area contributed by atoms with Crippen LogP contribution in [0.15, 0.2) is 6.20 Å². The molecule has 7 heteroatoms. The molecule has 1 aromatic heterocycles.